The average molecular weight is 359 g/mol. The Bertz CT molecular complexity index is 979. The van der Waals surface area contributed by atoms with Crippen molar-refractivity contribution < 1.29 is 17.6 Å². The molecule has 0 aliphatic heterocycles. The molecule has 6 nitrogen and oxygen atoms in total. The molecule has 1 aliphatic rings. The largest absolute Gasteiger partial charge is 0.322 e. The van der Waals surface area contributed by atoms with Gasteiger partial charge in [-0.15, -0.1) is 0 Å². The van der Waals surface area contributed by atoms with Crippen molar-refractivity contribution in [2.75, 3.05) is 5.32 Å². The Hall–Kier alpha value is -2.76. The normalized spacial score (nSPS) is 13.9. The van der Waals surface area contributed by atoms with Crippen LogP contribution >= 0.6 is 0 Å². The van der Waals surface area contributed by atoms with Crippen LogP contribution in [0.15, 0.2) is 47.4 Å². The van der Waals surface area contributed by atoms with Gasteiger partial charge in [0.15, 0.2) is 0 Å². The van der Waals surface area contributed by atoms with Gasteiger partial charge >= 0.3 is 0 Å². The summed E-state index contributed by atoms with van der Waals surface area (Å²) in [6.07, 6.45) is 1.44. The van der Waals surface area contributed by atoms with Crippen molar-refractivity contribution in [1.82, 2.24) is 4.72 Å². The van der Waals surface area contributed by atoms with Crippen molar-refractivity contribution >= 4 is 21.6 Å². The molecule has 0 heterocycles. The fraction of sp³-hybridized carbons (Fsp3) is 0.176. The summed E-state index contributed by atoms with van der Waals surface area (Å²) in [7, 11) is -4.02. The molecule has 1 saturated carbocycles. The molecule has 0 radical (unpaired) electrons. The van der Waals surface area contributed by atoms with Crippen molar-refractivity contribution in [2.45, 2.75) is 23.8 Å². The second kappa shape index (κ2) is 6.63. The molecule has 0 atom stereocenters. The van der Waals surface area contributed by atoms with Crippen molar-refractivity contribution in [3.8, 4) is 6.07 Å². The lowest BCUT2D eigenvalue weighted by Gasteiger charge is -2.10. The molecule has 0 saturated heterocycles. The third-order valence-corrected chi connectivity index (χ3v) is 5.17. The predicted octanol–water partition coefficient (Wildman–Crippen LogP) is 2.39. The second-order valence-electron chi connectivity index (χ2n) is 5.69. The number of sulfonamides is 1. The average Bonchev–Trinajstić information content (AvgIpc) is 3.38. The fourth-order valence-electron chi connectivity index (χ4n) is 2.20. The Morgan fingerprint density at radius 2 is 1.96 bits per heavy atom. The van der Waals surface area contributed by atoms with Crippen molar-refractivity contribution in [1.29, 1.82) is 5.26 Å². The summed E-state index contributed by atoms with van der Waals surface area (Å²) in [6, 6.07) is 11.2. The number of anilines is 1. The summed E-state index contributed by atoms with van der Waals surface area (Å²) >= 11 is 0. The first-order valence-electron chi connectivity index (χ1n) is 7.52. The van der Waals surface area contributed by atoms with Crippen molar-refractivity contribution in [3.63, 3.8) is 0 Å². The summed E-state index contributed by atoms with van der Waals surface area (Å²) < 4.78 is 40.7. The van der Waals surface area contributed by atoms with Gasteiger partial charge in [0.1, 0.15) is 10.7 Å². The zero-order chi connectivity index (χ0) is 18.0. The highest BCUT2D eigenvalue weighted by Crippen LogP contribution is 2.24. The minimum Gasteiger partial charge on any atom is -0.322 e. The summed E-state index contributed by atoms with van der Waals surface area (Å²) in [5.74, 6) is -1.52. The third kappa shape index (κ3) is 4.02. The number of hydrogen-bond acceptors (Lipinski definition) is 4. The van der Waals surface area contributed by atoms with Crippen molar-refractivity contribution in [3.05, 3.63) is 59.4 Å². The number of nitrogens with zero attached hydrogens (tertiary/aromatic N) is 1. The van der Waals surface area contributed by atoms with Gasteiger partial charge in [-0.25, -0.2) is 17.5 Å². The first-order chi connectivity index (χ1) is 11.9. The molecule has 0 bridgehead atoms. The van der Waals surface area contributed by atoms with E-state index in [1.807, 2.05) is 6.07 Å². The molecule has 0 unspecified atom stereocenters. The van der Waals surface area contributed by atoms with Crippen LogP contribution in [-0.4, -0.2) is 20.4 Å². The Morgan fingerprint density at radius 1 is 1.20 bits per heavy atom. The van der Waals surface area contributed by atoms with Crippen LogP contribution in [0.2, 0.25) is 0 Å². The monoisotopic (exact) mass is 359 g/mol. The van der Waals surface area contributed by atoms with Crippen LogP contribution < -0.4 is 10.0 Å². The van der Waals surface area contributed by atoms with Gasteiger partial charge in [-0.05, 0) is 49.2 Å². The maximum absolute atomic E-state index is 13.9. The molecule has 2 aromatic rings. The lowest BCUT2D eigenvalue weighted by molar-refractivity contribution is 0.102. The highest BCUT2D eigenvalue weighted by molar-refractivity contribution is 7.89. The van der Waals surface area contributed by atoms with E-state index in [4.69, 9.17) is 5.26 Å². The van der Waals surface area contributed by atoms with Crippen LogP contribution in [0, 0.1) is 17.1 Å². The molecule has 25 heavy (non-hydrogen) atoms. The topological polar surface area (TPSA) is 99.1 Å². The molecule has 1 fully saturated rings. The molecule has 8 heteroatoms. The first kappa shape index (κ1) is 17.1. The minimum atomic E-state index is -4.02. The number of halogens is 1. The maximum atomic E-state index is 13.9. The number of hydrogen-bond donors (Lipinski definition) is 2. The van der Waals surface area contributed by atoms with Gasteiger partial charge in [0.05, 0.1) is 11.6 Å². The number of carbonyl (C=O) groups is 1. The maximum Gasteiger partial charge on any atom is 0.255 e. The summed E-state index contributed by atoms with van der Waals surface area (Å²) in [5.41, 5.74) is 0.752. The molecule has 2 aromatic carbocycles. The van der Waals surface area contributed by atoms with Gasteiger partial charge in [-0.1, -0.05) is 6.07 Å². The SMILES string of the molecule is N#Cc1cccc(NC(=O)c2ccc(F)c(S(=O)(=O)NC3CC3)c2)c1. The van der Waals surface area contributed by atoms with E-state index in [2.05, 4.69) is 10.0 Å². The van der Waals surface area contributed by atoms with E-state index in [9.17, 15) is 17.6 Å². The lowest BCUT2D eigenvalue weighted by Crippen LogP contribution is -2.27. The predicted molar refractivity (Wildman–Crippen MR) is 88.9 cm³/mol. The Labute approximate surface area is 144 Å². The van der Waals surface area contributed by atoms with Gasteiger partial charge < -0.3 is 5.32 Å². The summed E-state index contributed by atoms with van der Waals surface area (Å²) in [5, 5.41) is 11.4. The number of amides is 1. The number of benzene rings is 2. The van der Waals surface area contributed by atoms with Crippen LogP contribution in [0.4, 0.5) is 10.1 Å². The van der Waals surface area contributed by atoms with Gasteiger partial charge in [-0.3, -0.25) is 4.79 Å². The van der Waals surface area contributed by atoms with Gasteiger partial charge in [-0.2, -0.15) is 5.26 Å². The van der Waals surface area contributed by atoms with Crippen molar-refractivity contribution in [2.24, 2.45) is 0 Å². The zero-order valence-corrected chi connectivity index (χ0v) is 13.8. The van der Waals surface area contributed by atoms with E-state index in [0.717, 1.165) is 25.0 Å². The lowest BCUT2D eigenvalue weighted by atomic mass is 10.2. The van der Waals surface area contributed by atoms with Crippen LogP contribution in [0.3, 0.4) is 0 Å². The van der Waals surface area contributed by atoms with E-state index in [1.54, 1.807) is 18.2 Å². The molecular formula is C17H14FN3O3S. The standard InChI is InChI=1S/C17H14FN3O3S/c18-15-7-4-12(9-16(15)25(23,24)21-13-5-6-13)17(22)20-14-3-1-2-11(8-14)10-19/h1-4,7-9,13,21H,5-6H2,(H,20,22). The minimum absolute atomic E-state index is 0.0000624. The van der Waals surface area contributed by atoms with Gasteiger partial charge in [0, 0.05) is 17.3 Å². The number of carbonyl (C=O) groups excluding carboxylic acids is 1. The Balaban J connectivity index is 1.86. The Morgan fingerprint density at radius 3 is 2.64 bits per heavy atom. The van der Waals surface area contributed by atoms with Crippen LogP contribution in [0.1, 0.15) is 28.8 Å². The van der Waals surface area contributed by atoms with Gasteiger partial charge in [0.25, 0.3) is 5.91 Å². The van der Waals surface area contributed by atoms with Crippen LogP contribution in [0.5, 0.6) is 0 Å². The van der Waals surface area contributed by atoms with Gasteiger partial charge in [0.2, 0.25) is 10.0 Å². The van der Waals surface area contributed by atoms with Crippen LogP contribution in [0.25, 0.3) is 0 Å². The number of rotatable bonds is 5. The first-order valence-corrected chi connectivity index (χ1v) is 9.01. The highest BCUT2D eigenvalue weighted by atomic mass is 32.2. The summed E-state index contributed by atoms with van der Waals surface area (Å²) in [4.78, 5) is 11.7. The van der Waals surface area contributed by atoms with E-state index >= 15 is 0 Å². The van der Waals surface area contributed by atoms with E-state index in [0.29, 0.717) is 11.3 Å². The Kier molecular flexibility index (Phi) is 4.53. The third-order valence-electron chi connectivity index (χ3n) is 3.63. The molecule has 128 valence electrons. The number of nitrogens with one attached hydrogen (secondary N) is 2. The molecule has 3 rings (SSSR count). The second-order valence-corrected chi connectivity index (χ2v) is 7.37. The molecule has 0 aromatic heterocycles. The smallest absolute Gasteiger partial charge is 0.255 e. The quantitative estimate of drug-likeness (QED) is 0.856. The zero-order valence-electron chi connectivity index (χ0n) is 13.0. The van der Waals surface area contributed by atoms with E-state index in [1.165, 1.54) is 12.1 Å². The molecule has 0 spiro atoms. The molecule has 1 aliphatic carbocycles. The fourth-order valence-corrected chi connectivity index (χ4v) is 3.61. The van der Waals surface area contributed by atoms with E-state index in [-0.39, 0.29) is 11.6 Å². The van der Waals surface area contributed by atoms with E-state index < -0.39 is 26.6 Å². The molecule has 2 N–H and O–H groups in total. The summed E-state index contributed by atoms with van der Waals surface area (Å²) in [6.45, 7) is 0. The molecular weight excluding hydrogens is 345 g/mol. The number of nitriles is 1. The molecule has 1 amide bonds. The highest BCUT2D eigenvalue weighted by Gasteiger charge is 2.30. The van der Waals surface area contributed by atoms with Crippen LogP contribution in [-0.2, 0) is 10.0 Å².